The second-order valence-electron chi connectivity index (χ2n) is 6.10. The number of hydrogen-bond donors (Lipinski definition) is 0. The lowest BCUT2D eigenvalue weighted by atomic mass is 9.98. The van der Waals surface area contributed by atoms with Gasteiger partial charge in [0.15, 0.2) is 5.78 Å². The van der Waals surface area contributed by atoms with Crippen LogP contribution in [0, 0.1) is 0 Å². The van der Waals surface area contributed by atoms with E-state index in [9.17, 15) is 4.79 Å². The number of ketones is 1. The van der Waals surface area contributed by atoms with Crippen molar-refractivity contribution in [3.05, 3.63) is 84.6 Å². The first-order chi connectivity index (χ1) is 13.3. The van der Waals surface area contributed by atoms with Gasteiger partial charge in [-0.25, -0.2) is 9.97 Å². The number of benzene rings is 2. The van der Waals surface area contributed by atoms with E-state index in [1.807, 2.05) is 54.6 Å². The van der Waals surface area contributed by atoms with Crippen LogP contribution < -0.4 is 4.74 Å². The van der Waals surface area contributed by atoms with Gasteiger partial charge in [-0.15, -0.1) is 0 Å². The van der Waals surface area contributed by atoms with Gasteiger partial charge in [0, 0.05) is 29.0 Å². The SMILES string of the molecule is COc1ccc(-c2ccc(C(=O)Cc3ccccn3)cc2)c2cncnc12. The molecule has 2 aromatic heterocycles. The van der Waals surface area contributed by atoms with E-state index in [1.165, 1.54) is 6.33 Å². The summed E-state index contributed by atoms with van der Waals surface area (Å²) in [7, 11) is 1.62. The minimum atomic E-state index is 0.0446. The van der Waals surface area contributed by atoms with Crippen LogP contribution in [-0.4, -0.2) is 27.8 Å². The molecule has 0 radical (unpaired) electrons. The number of carbonyl (C=O) groups is 1. The van der Waals surface area contributed by atoms with E-state index < -0.39 is 0 Å². The number of pyridine rings is 1. The Bertz CT molecular complexity index is 1090. The maximum atomic E-state index is 12.5. The van der Waals surface area contributed by atoms with Crippen molar-refractivity contribution >= 4 is 16.7 Å². The predicted molar refractivity (Wildman–Crippen MR) is 104 cm³/mol. The van der Waals surface area contributed by atoms with E-state index in [-0.39, 0.29) is 5.78 Å². The van der Waals surface area contributed by atoms with Crippen molar-refractivity contribution in [2.45, 2.75) is 6.42 Å². The predicted octanol–water partition coefficient (Wildman–Crippen LogP) is 4.13. The molecule has 0 N–H and O–H groups in total. The minimum absolute atomic E-state index is 0.0446. The lowest BCUT2D eigenvalue weighted by Crippen LogP contribution is -2.04. The third-order valence-electron chi connectivity index (χ3n) is 4.44. The van der Waals surface area contributed by atoms with Crippen molar-refractivity contribution in [3.8, 4) is 16.9 Å². The zero-order valence-electron chi connectivity index (χ0n) is 14.8. The standard InChI is InChI=1S/C22H17N3O2/c1-27-21-10-9-18(19-13-23-14-25-22(19)21)15-5-7-16(8-6-15)20(26)12-17-4-2-3-11-24-17/h2-11,13-14H,12H2,1H3. The van der Waals surface area contributed by atoms with Crippen LogP contribution in [0.15, 0.2) is 73.3 Å². The molecular weight excluding hydrogens is 338 g/mol. The summed E-state index contributed by atoms with van der Waals surface area (Å²) in [5.74, 6) is 0.751. The van der Waals surface area contributed by atoms with Crippen LogP contribution in [-0.2, 0) is 6.42 Å². The highest BCUT2D eigenvalue weighted by molar-refractivity contribution is 6.00. The number of nitrogens with zero attached hydrogens (tertiary/aromatic N) is 3. The van der Waals surface area contributed by atoms with Gasteiger partial charge in [0.05, 0.1) is 13.5 Å². The Morgan fingerprint density at radius 2 is 1.85 bits per heavy atom. The Labute approximate surface area is 156 Å². The van der Waals surface area contributed by atoms with Crippen molar-refractivity contribution in [2.75, 3.05) is 7.11 Å². The molecule has 0 bridgehead atoms. The molecule has 0 aliphatic carbocycles. The molecule has 0 spiro atoms. The molecule has 2 heterocycles. The molecule has 0 aliphatic heterocycles. The molecule has 0 atom stereocenters. The molecule has 4 rings (SSSR count). The average Bonchev–Trinajstić information content (AvgIpc) is 2.74. The average molecular weight is 355 g/mol. The number of fused-ring (bicyclic) bond motifs is 1. The van der Waals surface area contributed by atoms with Crippen LogP contribution >= 0.6 is 0 Å². The van der Waals surface area contributed by atoms with Gasteiger partial charge < -0.3 is 4.74 Å². The minimum Gasteiger partial charge on any atom is -0.494 e. The molecule has 0 fully saturated rings. The summed E-state index contributed by atoms with van der Waals surface area (Å²) in [5.41, 5.74) is 4.19. The summed E-state index contributed by atoms with van der Waals surface area (Å²) in [6, 6.07) is 17.0. The van der Waals surface area contributed by atoms with Crippen molar-refractivity contribution in [3.63, 3.8) is 0 Å². The summed E-state index contributed by atoms with van der Waals surface area (Å²) in [4.78, 5) is 25.2. The Balaban J connectivity index is 1.65. The largest absolute Gasteiger partial charge is 0.494 e. The number of rotatable bonds is 5. The summed E-state index contributed by atoms with van der Waals surface area (Å²) < 4.78 is 5.38. The zero-order chi connectivity index (χ0) is 18.6. The van der Waals surface area contributed by atoms with Gasteiger partial charge in [-0.3, -0.25) is 9.78 Å². The number of ether oxygens (including phenoxy) is 1. The van der Waals surface area contributed by atoms with E-state index in [1.54, 1.807) is 19.5 Å². The first-order valence-electron chi connectivity index (χ1n) is 8.56. The second-order valence-corrected chi connectivity index (χ2v) is 6.10. The summed E-state index contributed by atoms with van der Waals surface area (Å²) in [6.45, 7) is 0. The highest BCUT2D eigenvalue weighted by Crippen LogP contribution is 2.32. The van der Waals surface area contributed by atoms with E-state index in [0.717, 1.165) is 27.7 Å². The van der Waals surface area contributed by atoms with Gasteiger partial charge in [0.2, 0.25) is 0 Å². The lowest BCUT2D eigenvalue weighted by molar-refractivity contribution is 0.0992. The highest BCUT2D eigenvalue weighted by atomic mass is 16.5. The van der Waals surface area contributed by atoms with Crippen LogP contribution in [0.4, 0.5) is 0 Å². The summed E-state index contributed by atoms with van der Waals surface area (Å²) in [5, 5.41) is 0.907. The van der Waals surface area contributed by atoms with E-state index in [2.05, 4.69) is 15.0 Å². The normalized spacial score (nSPS) is 10.7. The van der Waals surface area contributed by atoms with Crippen LogP contribution in [0.3, 0.4) is 0 Å². The number of methoxy groups -OCH3 is 1. The van der Waals surface area contributed by atoms with Crippen molar-refractivity contribution in [1.82, 2.24) is 15.0 Å². The number of carbonyl (C=O) groups excluding carboxylic acids is 1. The van der Waals surface area contributed by atoms with Gasteiger partial charge in [-0.2, -0.15) is 0 Å². The Morgan fingerprint density at radius 3 is 2.59 bits per heavy atom. The fourth-order valence-corrected chi connectivity index (χ4v) is 3.07. The maximum absolute atomic E-state index is 12.5. The van der Waals surface area contributed by atoms with Gasteiger partial charge >= 0.3 is 0 Å². The van der Waals surface area contributed by atoms with E-state index in [4.69, 9.17) is 4.74 Å². The van der Waals surface area contributed by atoms with Crippen molar-refractivity contribution in [2.24, 2.45) is 0 Å². The molecular formula is C22H17N3O2. The zero-order valence-corrected chi connectivity index (χ0v) is 14.8. The molecule has 0 saturated carbocycles. The quantitative estimate of drug-likeness (QED) is 0.504. The lowest BCUT2D eigenvalue weighted by Gasteiger charge is -2.10. The van der Waals surface area contributed by atoms with Gasteiger partial charge in [-0.05, 0) is 35.4 Å². The molecule has 2 aromatic carbocycles. The molecule has 27 heavy (non-hydrogen) atoms. The monoisotopic (exact) mass is 355 g/mol. The first kappa shape index (κ1) is 16.8. The molecule has 0 unspecified atom stereocenters. The van der Waals surface area contributed by atoms with Gasteiger partial charge in [-0.1, -0.05) is 30.3 Å². The van der Waals surface area contributed by atoms with Crippen LogP contribution in [0.25, 0.3) is 22.0 Å². The highest BCUT2D eigenvalue weighted by Gasteiger charge is 2.11. The smallest absolute Gasteiger partial charge is 0.168 e. The first-order valence-corrected chi connectivity index (χ1v) is 8.56. The van der Waals surface area contributed by atoms with Crippen molar-refractivity contribution < 1.29 is 9.53 Å². The Hall–Kier alpha value is -3.60. The Kier molecular flexibility index (Phi) is 4.58. The molecule has 4 aromatic rings. The van der Waals surface area contributed by atoms with Crippen LogP contribution in [0.1, 0.15) is 16.1 Å². The van der Waals surface area contributed by atoms with Crippen LogP contribution in [0.5, 0.6) is 5.75 Å². The van der Waals surface area contributed by atoms with Crippen molar-refractivity contribution in [1.29, 1.82) is 0 Å². The molecule has 132 valence electrons. The third kappa shape index (κ3) is 3.40. The van der Waals surface area contributed by atoms with Crippen LogP contribution in [0.2, 0.25) is 0 Å². The molecule has 0 aliphatic rings. The fourth-order valence-electron chi connectivity index (χ4n) is 3.07. The number of Topliss-reactive ketones (excluding diaryl/α,β-unsaturated/α-hetero) is 1. The fraction of sp³-hybridized carbons (Fsp3) is 0.0909. The van der Waals surface area contributed by atoms with E-state index >= 15 is 0 Å². The number of hydrogen-bond acceptors (Lipinski definition) is 5. The van der Waals surface area contributed by atoms with Gasteiger partial charge in [0.1, 0.15) is 17.6 Å². The molecule has 5 nitrogen and oxygen atoms in total. The number of aromatic nitrogens is 3. The topological polar surface area (TPSA) is 65.0 Å². The van der Waals surface area contributed by atoms with E-state index in [0.29, 0.717) is 17.7 Å². The summed E-state index contributed by atoms with van der Waals surface area (Å²) >= 11 is 0. The Morgan fingerprint density at radius 1 is 1.00 bits per heavy atom. The molecule has 0 saturated heterocycles. The second kappa shape index (κ2) is 7.33. The maximum Gasteiger partial charge on any atom is 0.168 e. The molecule has 5 heteroatoms. The third-order valence-corrected chi connectivity index (χ3v) is 4.44. The molecule has 0 amide bonds. The van der Waals surface area contributed by atoms with Gasteiger partial charge in [0.25, 0.3) is 0 Å². The summed E-state index contributed by atoms with van der Waals surface area (Å²) in [6.07, 6.45) is 5.27.